The summed E-state index contributed by atoms with van der Waals surface area (Å²) in [5, 5.41) is 2.85. The second-order valence-corrected chi connectivity index (χ2v) is 5.83. The van der Waals surface area contributed by atoms with E-state index in [9.17, 15) is 18.0 Å². The van der Waals surface area contributed by atoms with Gasteiger partial charge in [-0.3, -0.25) is 4.57 Å². The molecule has 2 atom stereocenters. The van der Waals surface area contributed by atoms with E-state index in [4.69, 9.17) is 0 Å². The second kappa shape index (κ2) is 6.54. The maximum absolute atomic E-state index is 12.9. The number of carbonyl (C=O) groups excluding carboxylic acids is 1. The normalized spacial score (nSPS) is 19.4. The van der Waals surface area contributed by atoms with Gasteiger partial charge < -0.3 is 10.2 Å². The molecule has 0 radical (unpaired) electrons. The lowest BCUT2D eigenvalue weighted by molar-refractivity contribution is 0.0651. The number of carbonyl (C=O) groups is 1. The molecule has 1 aromatic heterocycles. The summed E-state index contributed by atoms with van der Waals surface area (Å²) in [4.78, 5) is 17.3. The van der Waals surface area contributed by atoms with Crippen LogP contribution < -0.4 is 5.32 Å². The van der Waals surface area contributed by atoms with Crippen LogP contribution >= 0.6 is 0 Å². The predicted molar refractivity (Wildman–Crippen MR) is 81.0 cm³/mol. The first-order valence-electron chi connectivity index (χ1n) is 7.52. The molecule has 1 aliphatic carbocycles. The molecule has 2 aromatic rings. The molecule has 1 aromatic carbocycles. The molecule has 1 aliphatic rings. The van der Waals surface area contributed by atoms with Crippen LogP contribution in [0.25, 0.3) is 0 Å². The molecule has 5 nitrogen and oxygen atoms in total. The Hall–Kier alpha value is -2.51. The molecular formula is C16H17F3N4O. The maximum Gasteiger partial charge on any atom is 0.319 e. The minimum atomic E-state index is -2.69. The van der Waals surface area contributed by atoms with Crippen LogP contribution in [0.5, 0.6) is 0 Å². The summed E-state index contributed by atoms with van der Waals surface area (Å²) in [5.41, 5.74) is 0.970. The van der Waals surface area contributed by atoms with Crippen molar-refractivity contribution in [3.63, 3.8) is 0 Å². The summed E-state index contributed by atoms with van der Waals surface area (Å²) in [6.45, 7) is -2.71. The number of amides is 2. The highest BCUT2D eigenvalue weighted by Gasteiger charge is 2.40. The molecule has 1 N–H and O–H groups in total. The molecule has 0 unspecified atom stereocenters. The van der Waals surface area contributed by atoms with E-state index in [1.54, 1.807) is 12.1 Å². The van der Waals surface area contributed by atoms with E-state index in [1.807, 2.05) is 0 Å². The molecule has 0 aliphatic heterocycles. The van der Waals surface area contributed by atoms with Crippen molar-refractivity contribution < 1.29 is 18.0 Å². The lowest BCUT2D eigenvalue weighted by Gasteiger charge is -2.18. The Morgan fingerprint density at radius 3 is 2.79 bits per heavy atom. The highest BCUT2D eigenvalue weighted by molar-refractivity contribution is 5.74. The Morgan fingerprint density at radius 1 is 1.42 bits per heavy atom. The van der Waals surface area contributed by atoms with Gasteiger partial charge in [-0.1, -0.05) is 12.1 Å². The van der Waals surface area contributed by atoms with Crippen molar-refractivity contribution in [3.8, 4) is 0 Å². The van der Waals surface area contributed by atoms with Gasteiger partial charge in [-0.15, -0.1) is 0 Å². The Bertz CT molecular complexity index is 716. The first-order valence-corrected chi connectivity index (χ1v) is 7.52. The third-order valence-electron chi connectivity index (χ3n) is 4.08. The molecule has 2 amide bonds. The summed E-state index contributed by atoms with van der Waals surface area (Å²) in [6.07, 6.45) is 3.23. The van der Waals surface area contributed by atoms with Crippen LogP contribution in [0.4, 0.5) is 18.0 Å². The number of aromatic nitrogens is 2. The van der Waals surface area contributed by atoms with Crippen molar-refractivity contribution in [2.75, 3.05) is 7.05 Å². The van der Waals surface area contributed by atoms with E-state index in [0.717, 1.165) is 16.6 Å². The third-order valence-corrected chi connectivity index (χ3v) is 4.08. The largest absolute Gasteiger partial charge is 0.335 e. The zero-order chi connectivity index (χ0) is 17.3. The summed E-state index contributed by atoms with van der Waals surface area (Å²) < 4.78 is 39.2. The quantitative estimate of drug-likeness (QED) is 0.911. The van der Waals surface area contributed by atoms with Crippen LogP contribution in [0.1, 0.15) is 30.3 Å². The van der Waals surface area contributed by atoms with Gasteiger partial charge in [0, 0.05) is 31.4 Å². The number of alkyl halides is 2. The van der Waals surface area contributed by atoms with Crippen LogP contribution in [-0.4, -0.2) is 33.6 Å². The first-order chi connectivity index (χ1) is 11.5. The van der Waals surface area contributed by atoms with Crippen molar-refractivity contribution >= 4 is 6.03 Å². The van der Waals surface area contributed by atoms with Crippen LogP contribution in [0, 0.1) is 5.82 Å². The monoisotopic (exact) mass is 338 g/mol. The number of hydrogen-bond acceptors (Lipinski definition) is 2. The fraction of sp³-hybridized carbons (Fsp3) is 0.375. The van der Waals surface area contributed by atoms with Crippen LogP contribution in [-0.2, 0) is 6.54 Å². The number of nitrogens with zero attached hydrogens (tertiary/aromatic N) is 3. The Balaban J connectivity index is 1.54. The zero-order valence-corrected chi connectivity index (χ0v) is 13.0. The number of urea groups is 1. The van der Waals surface area contributed by atoms with Gasteiger partial charge in [0.05, 0.1) is 6.54 Å². The number of nitrogens with one attached hydrogen (secondary N) is 1. The second-order valence-electron chi connectivity index (χ2n) is 5.83. The maximum atomic E-state index is 12.9. The minimum absolute atomic E-state index is 0.0168. The molecule has 1 fully saturated rings. The fourth-order valence-corrected chi connectivity index (χ4v) is 2.63. The number of rotatable bonds is 5. The summed E-state index contributed by atoms with van der Waals surface area (Å²) >= 11 is 0. The lowest BCUT2D eigenvalue weighted by Crippen LogP contribution is -2.39. The molecule has 128 valence electrons. The van der Waals surface area contributed by atoms with Crippen molar-refractivity contribution in [2.45, 2.75) is 31.5 Å². The summed E-state index contributed by atoms with van der Waals surface area (Å²) in [6, 6.07) is 5.81. The van der Waals surface area contributed by atoms with Gasteiger partial charge in [0.1, 0.15) is 11.6 Å². The van der Waals surface area contributed by atoms with Crippen molar-refractivity contribution in [3.05, 3.63) is 53.9 Å². The van der Waals surface area contributed by atoms with Crippen LogP contribution in [0.3, 0.4) is 0 Å². The number of hydrogen-bond donors (Lipinski definition) is 1. The molecule has 1 saturated carbocycles. The van der Waals surface area contributed by atoms with Crippen molar-refractivity contribution in [2.24, 2.45) is 0 Å². The molecule has 8 heteroatoms. The van der Waals surface area contributed by atoms with Gasteiger partial charge in [0.25, 0.3) is 0 Å². The SMILES string of the molecule is CN(Cc1nccn1C(F)F)C(=O)N[C@@H]1C[C@H]1c1ccc(F)cc1. The third kappa shape index (κ3) is 3.52. The van der Waals surface area contributed by atoms with Gasteiger partial charge in [-0.2, -0.15) is 8.78 Å². The molecule has 24 heavy (non-hydrogen) atoms. The predicted octanol–water partition coefficient (Wildman–Crippen LogP) is 3.11. The van der Waals surface area contributed by atoms with E-state index in [0.29, 0.717) is 0 Å². The van der Waals surface area contributed by atoms with Gasteiger partial charge in [0.15, 0.2) is 0 Å². The van der Waals surface area contributed by atoms with Gasteiger partial charge >= 0.3 is 12.6 Å². The lowest BCUT2D eigenvalue weighted by atomic mass is 10.1. The van der Waals surface area contributed by atoms with Crippen molar-refractivity contribution in [1.29, 1.82) is 0 Å². The first kappa shape index (κ1) is 16.4. The molecule has 0 saturated heterocycles. The topological polar surface area (TPSA) is 50.2 Å². The van der Waals surface area contributed by atoms with E-state index in [2.05, 4.69) is 10.3 Å². The fourth-order valence-electron chi connectivity index (χ4n) is 2.63. The zero-order valence-electron chi connectivity index (χ0n) is 13.0. The van der Waals surface area contributed by atoms with E-state index in [1.165, 1.54) is 36.5 Å². The summed E-state index contributed by atoms with van der Waals surface area (Å²) in [5.74, 6) is -0.0196. The Kier molecular flexibility index (Phi) is 4.46. The van der Waals surface area contributed by atoms with Gasteiger partial charge in [-0.05, 0) is 24.1 Å². The Labute approximate surface area is 137 Å². The highest BCUT2D eigenvalue weighted by atomic mass is 19.3. The highest BCUT2D eigenvalue weighted by Crippen LogP contribution is 2.40. The number of benzene rings is 1. The van der Waals surface area contributed by atoms with Gasteiger partial charge in [0.2, 0.25) is 0 Å². The molecular weight excluding hydrogens is 321 g/mol. The average Bonchev–Trinajstić information content (AvgIpc) is 3.14. The minimum Gasteiger partial charge on any atom is -0.335 e. The number of halogens is 3. The molecule has 1 heterocycles. The van der Waals surface area contributed by atoms with Gasteiger partial charge in [-0.25, -0.2) is 14.2 Å². The Morgan fingerprint density at radius 2 is 2.12 bits per heavy atom. The van der Waals surface area contributed by atoms with E-state index >= 15 is 0 Å². The molecule has 0 spiro atoms. The number of imidazole rings is 1. The van der Waals surface area contributed by atoms with Crippen LogP contribution in [0.15, 0.2) is 36.7 Å². The molecule has 0 bridgehead atoms. The van der Waals surface area contributed by atoms with E-state index in [-0.39, 0.29) is 36.2 Å². The smallest absolute Gasteiger partial charge is 0.319 e. The van der Waals surface area contributed by atoms with Crippen LogP contribution in [0.2, 0.25) is 0 Å². The van der Waals surface area contributed by atoms with E-state index < -0.39 is 6.55 Å². The average molecular weight is 338 g/mol. The molecule has 3 rings (SSSR count). The van der Waals surface area contributed by atoms with Crippen molar-refractivity contribution in [1.82, 2.24) is 19.8 Å². The standard InChI is InChI=1S/C16H17F3N4O/c1-22(9-14-20-6-7-23(14)15(18)19)16(24)21-13-8-12(13)10-2-4-11(17)5-3-10/h2-7,12-13,15H,8-9H2,1H3,(H,21,24)/t12-,13+/m0/s1. The summed E-state index contributed by atoms with van der Waals surface area (Å²) in [7, 11) is 1.52.